The monoisotopic (exact) mass is 247 g/mol. The van der Waals surface area contributed by atoms with Gasteiger partial charge < -0.3 is 15.2 Å². The zero-order valence-corrected chi connectivity index (χ0v) is 10.3. The van der Waals surface area contributed by atoms with Crippen molar-refractivity contribution in [2.75, 3.05) is 7.11 Å². The molecule has 1 aromatic carbocycles. The highest BCUT2D eigenvalue weighted by Gasteiger charge is 2.27. The summed E-state index contributed by atoms with van der Waals surface area (Å²) in [6.45, 7) is 0. The molecule has 2 N–H and O–H groups in total. The number of aliphatic hydroxyl groups excluding tert-OH is 1. The quantitative estimate of drug-likeness (QED) is 0.790. The van der Waals surface area contributed by atoms with Crippen LogP contribution in [0.25, 0.3) is 6.08 Å². The molecule has 0 unspecified atom stereocenters. The smallest absolute Gasteiger partial charge is 0.244 e. The van der Waals surface area contributed by atoms with Crippen LogP contribution in [-0.4, -0.2) is 30.3 Å². The van der Waals surface area contributed by atoms with Gasteiger partial charge in [-0.3, -0.25) is 4.79 Å². The third kappa shape index (κ3) is 3.11. The molecule has 1 aliphatic carbocycles. The normalized spacial score (nSPS) is 22.6. The fourth-order valence-electron chi connectivity index (χ4n) is 1.92. The molecule has 1 aromatic rings. The van der Waals surface area contributed by atoms with Crippen molar-refractivity contribution >= 4 is 12.0 Å². The number of ether oxygens (including phenoxy) is 1. The molecule has 1 fully saturated rings. The molecule has 1 amide bonds. The summed E-state index contributed by atoms with van der Waals surface area (Å²) in [5.74, 6) is 0.596. The number of amides is 1. The second-order valence-electron chi connectivity index (χ2n) is 4.41. The molecule has 0 saturated heterocycles. The fourth-order valence-corrected chi connectivity index (χ4v) is 1.92. The van der Waals surface area contributed by atoms with E-state index in [9.17, 15) is 4.79 Å². The number of aliphatic hydroxyl groups is 1. The molecule has 1 aliphatic rings. The van der Waals surface area contributed by atoms with Crippen LogP contribution in [0, 0.1) is 0 Å². The fraction of sp³-hybridized carbons (Fsp3) is 0.357. The van der Waals surface area contributed by atoms with Crippen LogP contribution in [0.5, 0.6) is 5.75 Å². The van der Waals surface area contributed by atoms with E-state index in [1.165, 1.54) is 6.08 Å². The van der Waals surface area contributed by atoms with Crippen molar-refractivity contribution in [3.63, 3.8) is 0 Å². The van der Waals surface area contributed by atoms with Gasteiger partial charge in [0.05, 0.1) is 13.2 Å². The van der Waals surface area contributed by atoms with Gasteiger partial charge in [0, 0.05) is 17.7 Å². The largest absolute Gasteiger partial charge is 0.496 e. The van der Waals surface area contributed by atoms with Crippen LogP contribution in [0.15, 0.2) is 30.3 Å². The molecule has 0 heterocycles. The summed E-state index contributed by atoms with van der Waals surface area (Å²) in [7, 11) is 1.60. The predicted octanol–water partition coefficient (Wildman–Crippen LogP) is 1.35. The molecule has 2 rings (SSSR count). The Morgan fingerprint density at radius 3 is 2.83 bits per heavy atom. The molecule has 0 spiro atoms. The lowest BCUT2D eigenvalue weighted by molar-refractivity contribution is -0.118. The topological polar surface area (TPSA) is 58.6 Å². The highest BCUT2D eigenvalue weighted by molar-refractivity contribution is 5.92. The molecular weight excluding hydrogens is 230 g/mol. The van der Waals surface area contributed by atoms with Crippen molar-refractivity contribution in [1.82, 2.24) is 5.32 Å². The van der Waals surface area contributed by atoms with E-state index in [0.29, 0.717) is 12.8 Å². The summed E-state index contributed by atoms with van der Waals surface area (Å²) in [4.78, 5) is 11.6. The zero-order chi connectivity index (χ0) is 13.0. The van der Waals surface area contributed by atoms with Gasteiger partial charge in [0.2, 0.25) is 5.91 Å². The van der Waals surface area contributed by atoms with Crippen LogP contribution in [0.4, 0.5) is 0 Å². The Hall–Kier alpha value is -1.81. The van der Waals surface area contributed by atoms with Gasteiger partial charge in [-0.2, -0.15) is 0 Å². The summed E-state index contributed by atoms with van der Waals surface area (Å²) >= 11 is 0. The van der Waals surface area contributed by atoms with Crippen molar-refractivity contribution < 1.29 is 14.6 Å². The molecule has 0 aliphatic heterocycles. The number of hydrogen-bond donors (Lipinski definition) is 2. The van der Waals surface area contributed by atoms with Crippen LogP contribution in [0.3, 0.4) is 0 Å². The summed E-state index contributed by atoms with van der Waals surface area (Å²) in [5, 5.41) is 11.9. The minimum absolute atomic E-state index is 0.106. The van der Waals surface area contributed by atoms with Gasteiger partial charge in [-0.15, -0.1) is 0 Å². The lowest BCUT2D eigenvalue weighted by Crippen LogP contribution is -2.46. The average Bonchev–Trinajstić information content (AvgIpc) is 2.35. The summed E-state index contributed by atoms with van der Waals surface area (Å²) < 4.78 is 5.19. The molecule has 1 saturated carbocycles. The number of carbonyl (C=O) groups is 1. The van der Waals surface area contributed by atoms with E-state index in [1.807, 2.05) is 24.3 Å². The third-order valence-corrected chi connectivity index (χ3v) is 3.01. The Balaban J connectivity index is 1.91. The number of hydrogen-bond acceptors (Lipinski definition) is 3. The number of methoxy groups -OCH3 is 1. The highest BCUT2D eigenvalue weighted by Crippen LogP contribution is 2.20. The van der Waals surface area contributed by atoms with Gasteiger partial charge in [-0.1, -0.05) is 18.2 Å². The van der Waals surface area contributed by atoms with Gasteiger partial charge in [0.25, 0.3) is 0 Å². The summed E-state index contributed by atoms with van der Waals surface area (Å²) in [5.41, 5.74) is 0.865. The first-order chi connectivity index (χ1) is 8.69. The Morgan fingerprint density at radius 2 is 2.17 bits per heavy atom. The van der Waals surface area contributed by atoms with Gasteiger partial charge >= 0.3 is 0 Å². The number of carbonyl (C=O) groups excluding carboxylic acids is 1. The van der Waals surface area contributed by atoms with Crippen molar-refractivity contribution in [3.8, 4) is 5.75 Å². The minimum Gasteiger partial charge on any atom is -0.496 e. The first-order valence-electron chi connectivity index (χ1n) is 5.98. The maximum atomic E-state index is 11.6. The molecule has 4 heteroatoms. The van der Waals surface area contributed by atoms with E-state index >= 15 is 0 Å². The molecule has 18 heavy (non-hydrogen) atoms. The SMILES string of the molecule is COc1ccccc1C=CC(=O)NC1CC(O)C1. The minimum atomic E-state index is -0.256. The van der Waals surface area contributed by atoms with Gasteiger partial charge in [-0.05, 0) is 25.0 Å². The van der Waals surface area contributed by atoms with E-state index in [1.54, 1.807) is 13.2 Å². The van der Waals surface area contributed by atoms with Crippen molar-refractivity contribution in [1.29, 1.82) is 0 Å². The Morgan fingerprint density at radius 1 is 1.44 bits per heavy atom. The maximum absolute atomic E-state index is 11.6. The lowest BCUT2D eigenvalue weighted by atomic mass is 9.89. The summed E-state index contributed by atoms with van der Waals surface area (Å²) in [6, 6.07) is 7.61. The Labute approximate surface area is 106 Å². The highest BCUT2D eigenvalue weighted by atomic mass is 16.5. The maximum Gasteiger partial charge on any atom is 0.244 e. The number of benzene rings is 1. The van der Waals surface area contributed by atoms with E-state index < -0.39 is 0 Å². The summed E-state index contributed by atoms with van der Waals surface area (Å²) in [6.07, 6.45) is 4.25. The Kier molecular flexibility index (Phi) is 3.99. The van der Waals surface area contributed by atoms with E-state index in [2.05, 4.69) is 5.32 Å². The van der Waals surface area contributed by atoms with Crippen molar-refractivity contribution in [2.45, 2.75) is 25.0 Å². The standard InChI is InChI=1S/C14H17NO3/c1-18-13-5-3-2-4-10(13)6-7-14(17)15-11-8-12(16)9-11/h2-7,11-12,16H,8-9H2,1H3,(H,15,17). The van der Waals surface area contributed by atoms with Crippen LogP contribution < -0.4 is 10.1 Å². The Bertz CT molecular complexity index is 450. The van der Waals surface area contributed by atoms with Crippen LogP contribution >= 0.6 is 0 Å². The first-order valence-corrected chi connectivity index (χ1v) is 5.98. The molecule has 0 bridgehead atoms. The lowest BCUT2D eigenvalue weighted by Gasteiger charge is -2.31. The van der Waals surface area contributed by atoms with Crippen LogP contribution in [-0.2, 0) is 4.79 Å². The van der Waals surface area contributed by atoms with Gasteiger partial charge in [0.15, 0.2) is 0 Å². The van der Waals surface area contributed by atoms with Gasteiger partial charge in [0.1, 0.15) is 5.75 Å². The molecule has 96 valence electrons. The van der Waals surface area contributed by atoms with Gasteiger partial charge in [-0.25, -0.2) is 0 Å². The number of rotatable bonds is 4. The average molecular weight is 247 g/mol. The third-order valence-electron chi connectivity index (χ3n) is 3.01. The second-order valence-corrected chi connectivity index (χ2v) is 4.41. The molecule has 0 radical (unpaired) electrons. The molecular formula is C14H17NO3. The van der Waals surface area contributed by atoms with E-state index in [-0.39, 0.29) is 18.1 Å². The first kappa shape index (κ1) is 12.6. The van der Waals surface area contributed by atoms with Crippen molar-refractivity contribution in [3.05, 3.63) is 35.9 Å². The van der Waals surface area contributed by atoms with Crippen molar-refractivity contribution in [2.24, 2.45) is 0 Å². The predicted molar refractivity (Wildman–Crippen MR) is 69.2 cm³/mol. The molecule has 0 atom stereocenters. The molecule has 4 nitrogen and oxygen atoms in total. The molecule has 0 aromatic heterocycles. The van der Waals surface area contributed by atoms with E-state index in [4.69, 9.17) is 9.84 Å². The zero-order valence-electron chi connectivity index (χ0n) is 10.3. The van der Waals surface area contributed by atoms with E-state index in [0.717, 1.165) is 11.3 Å². The number of para-hydroxylation sites is 1. The van der Waals surface area contributed by atoms with Crippen LogP contribution in [0.1, 0.15) is 18.4 Å². The number of nitrogens with one attached hydrogen (secondary N) is 1. The van der Waals surface area contributed by atoms with Crippen LogP contribution in [0.2, 0.25) is 0 Å². The second kappa shape index (κ2) is 5.69.